The molecule has 0 saturated carbocycles. The van der Waals surface area contributed by atoms with E-state index in [1.807, 2.05) is 31.2 Å². The summed E-state index contributed by atoms with van der Waals surface area (Å²) in [5.74, 6) is 1.85. The average Bonchev–Trinajstić information content (AvgIpc) is 3.24. The molecule has 0 spiro atoms. The van der Waals surface area contributed by atoms with Crippen LogP contribution in [0.15, 0.2) is 52.1 Å². The molecule has 0 amide bonds. The van der Waals surface area contributed by atoms with Crippen LogP contribution in [0.4, 0.5) is 0 Å². The predicted molar refractivity (Wildman–Crippen MR) is 115 cm³/mol. The van der Waals surface area contributed by atoms with Crippen LogP contribution < -0.4 is 20.1 Å². The largest absolute Gasteiger partial charge is 0.502 e. The number of nitrogens with one attached hydrogen (secondary N) is 2. The number of nitrogens with zero attached hydrogens (tertiary/aromatic N) is 2. The van der Waals surface area contributed by atoms with Gasteiger partial charge in [0.2, 0.25) is 11.6 Å². The number of ether oxygens (including phenoxy) is 2. The zero-order valence-corrected chi connectivity index (χ0v) is 17.5. The van der Waals surface area contributed by atoms with E-state index in [2.05, 4.69) is 20.6 Å². The molecule has 0 saturated heterocycles. The first-order valence-corrected chi connectivity index (χ1v) is 9.44. The molecule has 0 aliphatic heterocycles. The minimum absolute atomic E-state index is 0.0262. The van der Waals surface area contributed by atoms with Crippen LogP contribution in [0.25, 0.3) is 11.5 Å². The Morgan fingerprint density at radius 1 is 1.07 bits per heavy atom. The first kappa shape index (κ1) is 21.0. The number of aliphatic imine (C=N–C) groups is 1. The molecule has 0 fully saturated rings. The Morgan fingerprint density at radius 3 is 2.30 bits per heavy atom. The number of methoxy groups -OCH3 is 2. The number of oxazole rings is 1. The van der Waals surface area contributed by atoms with Gasteiger partial charge >= 0.3 is 0 Å². The summed E-state index contributed by atoms with van der Waals surface area (Å²) in [7, 11) is 4.68. The van der Waals surface area contributed by atoms with Crippen molar-refractivity contribution in [3.8, 4) is 28.7 Å². The first-order valence-electron chi connectivity index (χ1n) is 9.44. The van der Waals surface area contributed by atoms with Gasteiger partial charge in [0.15, 0.2) is 17.5 Å². The van der Waals surface area contributed by atoms with Gasteiger partial charge in [-0.15, -0.1) is 0 Å². The summed E-state index contributed by atoms with van der Waals surface area (Å²) >= 11 is 0. The lowest BCUT2D eigenvalue weighted by atomic mass is 10.1. The van der Waals surface area contributed by atoms with E-state index in [4.69, 9.17) is 13.9 Å². The van der Waals surface area contributed by atoms with Crippen LogP contribution in [0.5, 0.6) is 17.2 Å². The summed E-state index contributed by atoms with van der Waals surface area (Å²) in [4.78, 5) is 8.74. The smallest absolute Gasteiger partial charge is 0.226 e. The number of hydrogen-bond donors (Lipinski definition) is 3. The summed E-state index contributed by atoms with van der Waals surface area (Å²) in [5.41, 5.74) is 3.75. The monoisotopic (exact) mass is 410 g/mol. The van der Waals surface area contributed by atoms with E-state index >= 15 is 0 Å². The Morgan fingerprint density at radius 2 is 1.70 bits per heavy atom. The lowest BCUT2D eigenvalue weighted by Crippen LogP contribution is -2.36. The molecular weight excluding hydrogens is 384 g/mol. The molecule has 0 radical (unpaired) electrons. The molecule has 3 rings (SSSR count). The van der Waals surface area contributed by atoms with Crippen LogP contribution in [0.3, 0.4) is 0 Å². The van der Waals surface area contributed by atoms with Gasteiger partial charge in [0.05, 0.1) is 26.5 Å². The molecule has 1 heterocycles. The van der Waals surface area contributed by atoms with Crippen LogP contribution in [0, 0.1) is 6.92 Å². The molecule has 30 heavy (non-hydrogen) atoms. The second kappa shape index (κ2) is 9.69. The van der Waals surface area contributed by atoms with Gasteiger partial charge < -0.3 is 29.6 Å². The highest BCUT2D eigenvalue weighted by Crippen LogP contribution is 2.37. The van der Waals surface area contributed by atoms with E-state index < -0.39 is 0 Å². The molecule has 1 aromatic heterocycles. The normalized spacial score (nSPS) is 11.3. The van der Waals surface area contributed by atoms with Gasteiger partial charge in [0, 0.05) is 19.2 Å². The summed E-state index contributed by atoms with van der Waals surface area (Å²) in [6, 6.07) is 11.5. The van der Waals surface area contributed by atoms with Gasteiger partial charge in [-0.3, -0.25) is 4.99 Å². The van der Waals surface area contributed by atoms with Gasteiger partial charge in [-0.2, -0.15) is 0 Å². The van der Waals surface area contributed by atoms with Crippen molar-refractivity contribution in [2.24, 2.45) is 4.99 Å². The number of phenolic OH excluding ortho intramolecular Hbond substituents is 1. The van der Waals surface area contributed by atoms with E-state index in [1.165, 1.54) is 19.8 Å². The molecule has 8 nitrogen and oxygen atoms in total. The summed E-state index contributed by atoms with van der Waals surface area (Å²) in [5, 5.41) is 16.4. The van der Waals surface area contributed by atoms with Crippen molar-refractivity contribution in [3.63, 3.8) is 0 Å². The van der Waals surface area contributed by atoms with Crippen molar-refractivity contribution in [1.29, 1.82) is 0 Å². The molecule has 8 heteroatoms. The number of rotatable bonds is 7. The fraction of sp³-hybridized carbons (Fsp3) is 0.273. The summed E-state index contributed by atoms with van der Waals surface area (Å²) < 4.78 is 16.0. The van der Waals surface area contributed by atoms with Crippen LogP contribution >= 0.6 is 0 Å². The number of phenols is 1. The van der Waals surface area contributed by atoms with Crippen LogP contribution in [-0.4, -0.2) is 37.3 Å². The van der Waals surface area contributed by atoms with Gasteiger partial charge in [-0.05, 0) is 36.8 Å². The highest BCUT2D eigenvalue weighted by molar-refractivity contribution is 5.79. The predicted octanol–water partition coefficient (Wildman–Crippen LogP) is 3.24. The number of aromatic hydroxyl groups is 1. The Labute approximate surface area is 175 Å². The Hall–Kier alpha value is -3.68. The van der Waals surface area contributed by atoms with Crippen molar-refractivity contribution in [2.45, 2.75) is 20.0 Å². The van der Waals surface area contributed by atoms with E-state index in [9.17, 15) is 5.11 Å². The number of hydrogen-bond acceptors (Lipinski definition) is 6. The minimum atomic E-state index is -0.0262. The second-order valence-electron chi connectivity index (χ2n) is 6.64. The van der Waals surface area contributed by atoms with E-state index in [0.717, 1.165) is 16.8 Å². The van der Waals surface area contributed by atoms with Gasteiger partial charge in [0.25, 0.3) is 0 Å². The van der Waals surface area contributed by atoms with Crippen molar-refractivity contribution < 1.29 is 19.0 Å². The standard InChI is InChI=1S/C22H26N4O4/c1-14-5-7-16(8-6-14)21-26-17(13-30-21)12-25-22(23-2)24-11-15-9-18(28-3)20(27)19(10-15)29-4/h5-10,13,27H,11-12H2,1-4H3,(H2,23,24,25). The van der Waals surface area contributed by atoms with Gasteiger partial charge in [-0.1, -0.05) is 17.7 Å². The molecular formula is C22H26N4O4. The van der Waals surface area contributed by atoms with E-state index in [-0.39, 0.29) is 5.75 Å². The molecule has 2 aromatic carbocycles. The number of aryl methyl sites for hydroxylation is 1. The number of aromatic nitrogens is 1. The lowest BCUT2D eigenvalue weighted by Gasteiger charge is -2.14. The second-order valence-corrected chi connectivity index (χ2v) is 6.64. The molecule has 3 N–H and O–H groups in total. The lowest BCUT2D eigenvalue weighted by molar-refractivity contribution is 0.339. The highest BCUT2D eigenvalue weighted by atomic mass is 16.5. The topological polar surface area (TPSA) is 101 Å². The Bertz CT molecular complexity index is 987. The molecule has 0 atom stereocenters. The van der Waals surface area contributed by atoms with Crippen LogP contribution in [0.1, 0.15) is 16.8 Å². The maximum atomic E-state index is 10.0. The molecule has 0 bridgehead atoms. The van der Waals surface area contributed by atoms with Crippen molar-refractivity contribution in [2.75, 3.05) is 21.3 Å². The third-order valence-corrected chi connectivity index (χ3v) is 4.51. The molecule has 158 valence electrons. The average molecular weight is 410 g/mol. The molecule has 3 aromatic rings. The fourth-order valence-electron chi connectivity index (χ4n) is 2.85. The minimum Gasteiger partial charge on any atom is -0.502 e. The van der Waals surface area contributed by atoms with Crippen LogP contribution in [-0.2, 0) is 13.1 Å². The van der Waals surface area contributed by atoms with Crippen molar-refractivity contribution in [3.05, 3.63) is 59.5 Å². The molecule has 0 aliphatic rings. The number of benzene rings is 2. The third-order valence-electron chi connectivity index (χ3n) is 4.51. The quantitative estimate of drug-likeness (QED) is 0.406. The summed E-state index contributed by atoms with van der Waals surface area (Å²) in [6.07, 6.45) is 1.63. The Balaban J connectivity index is 1.59. The first-order chi connectivity index (χ1) is 14.5. The highest BCUT2D eigenvalue weighted by Gasteiger charge is 2.12. The fourth-order valence-corrected chi connectivity index (χ4v) is 2.85. The third kappa shape index (κ3) is 5.02. The molecule has 0 aliphatic carbocycles. The number of guanidine groups is 1. The maximum Gasteiger partial charge on any atom is 0.226 e. The molecule has 0 unspecified atom stereocenters. The van der Waals surface area contributed by atoms with E-state index in [1.54, 1.807) is 25.4 Å². The van der Waals surface area contributed by atoms with E-state index in [0.29, 0.717) is 36.4 Å². The Kier molecular flexibility index (Phi) is 6.79. The van der Waals surface area contributed by atoms with Crippen molar-refractivity contribution >= 4 is 5.96 Å². The van der Waals surface area contributed by atoms with Gasteiger partial charge in [-0.25, -0.2) is 4.98 Å². The summed E-state index contributed by atoms with van der Waals surface area (Å²) in [6.45, 7) is 2.95. The van der Waals surface area contributed by atoms with Crippen LogP contribution in [0.2, 0.25) is 0 Å². The van der Waals surface area contributed by atoms with Crippen molar-refractivity contribution in [1.82, 2.24) is 15.6 Å². The maximum absolute atomic E-state index is 10.0. The zero-order valence-electron chi connectivity index (χ0n) is 17.5. The zero-order chi connectivity index (χ0) is 21.5. The van der Waals surface area contributed by atoms with Gasteiger partial charge in [0.1, 0.15) is 6.26 Å². The SMILES string of the molecule is CN=C(NCc1cc(OC)c(O)c(OC)c1)NCc1coc(-c2ccc(C)cc2)n1.